The summed E-state index contributed by atoms with van der Waals surface area (Å²) >= 11 is 0. The Labute approximate surface area is 159 Å². The van der Waals surface area contributed by atoms with Gasteiger partial charge in [0.25, 0.3) is 0 Å². The van der Waals surface area contributed by atoms with Crippen LogP contribution in [0.15, 0.2) is 42.5 Å². The maximum absolute atomic E-state index is 12.3. The molecule has 0 saturated carbocycles. The van der Waals surface area contributed by atoms with Crippen molar-refractivity contribution in [2.75, 3.05) is 19.0 Å². The Morgan fingerprint density at radius 3 is 2.89 bits per heavy atom. The van der Waals surface area contributed by atoms with Crippen LogP contribution >= 0.6 is 0 Å². The van der Waals surface area contributed by atoms with Gasteiger partial charge in [-0.1, -0.05) is 18.2 Å². The molecule has 3 rings (SSSR count). The third-order valence-electron chi connectivity index (χ3n) is 4.56. The lowest BCUT2D eigenvalue weighted by Crippen LogP contribution is -2.13. The number of aryl methyl sites for hydroxylation is 1. The van der Waals surface area contributed by atoms with Crippen LogP contribution in [0, 0.1) is 11.3 Å². The van der Waals surface area contributed by atoms with Crippen molar-refractivity contribution in [3.05, 3.63) is 59.2 Å². The van der Waals surface area contributed by atoms with Crippen molar-refractivity contribution < 1.29 is 14.3 Å². The highest BCUT2D eigenvalue weighted by atomic mass is 16.5. The molecular formula is C22H22N2O3. The largest absolute Gasteiger partial charge is 0.493 e. The van der Waals surface area contributed by atoms with Crippen LogP contribution in [0.4, 0.5) is 5.69 Å². The molecule has 1 aliphatic rings. The van der Waals surface area contributed by atoms with Crippen LogP contribution in [0.3, 0.4) is 0 Å². The number of rotatable bonds is 6. The topological polar surface area (TPSA) is 71.3 Å². The van der Waals surface area contributed by atoms with Gasteiger partial charge in [-0.15, -0.1) is 0 Å². The molecular weight excluding hydrogens is 340 g/mol. The summed E-state index contributed by atoms with van der Waals surface area (Å²) in [5, 5.41) is 11.6. The van der Waals surface area contributed by atoms with Crippen molar-refractivity contribution in [1.29, 1.82) is 5.26 Å². The van der Waals surface area contributed by atoms with Crippen molar-refractivity contribution in [2.24, 2.45) is 0 Å². The number of ether oxygens (including phenoxy) is 2. The number of fused-ring (bicyclic) bond motifs is 1. The van der Waals surface area contributed by atoms with E-state index in [1.54, 1.807) is 18.2 Å². The number of benzene rings is 2. The molecule has 27 heavy (non-hydrogen) atoms. The van der Waals surface area contributed by atoms with Gasteiger partial charge in [-0.3, -0.25) is 4.79 Å². The zero-order valence-electron chi connectivity index (χ0n) is 15.3. The molecule has 0 aliphatic heterocycles. The van der Waals surface area contributed by atoms with Crippen LogP contribution in [-0.4, -0.2) is 19.6 Å². The quantitative estimate of drug-likeness (QED) is 0.785. The molecule has 0 spiro atoms. The third-order valence-corrected chi connectivity index (χ3v) is 4.56. The second-order valence-corrected chi connectivity index (χ2v) is 6.33. The summed E-state index contributed by atoms with van der Waals surface area (Å²) in [4.78, 5) is 12.3. The van der Waals surface area contributed by atoms with Crippen molar-refractivity contribution >= 4 is 17.7 Å². The average molecular weight is 362 g/mol. The van der Waals surface area contributed by atoms with Gasteiger partial charge in [0.2, 0.25) is 5.91 Å². The predicted molar refractivity (Wildman–Crippen MR) is 105 cm³/mol. The fourth-order valence-electron chi connectivity index (χ4n) is 3.26. The molecule has 0 saturated heterocycles. The molecule has 1 N–H and O–H groups in total. The van der Waals surface area contributed by atoms with E-state index in [1.165, 1.54) is 30.7 Å². The maximum atomic E-state index is 12.3. The minimum absolute atomic E-state index is 0.0463. The number of nitriles is 1. The first-order valence-electron chi connectivity index (χ1n) is 8.99. The molecule has 0 bridgehead atoms. The van der Waals surface area contributed by atoms with Crippen LogP contribution in [0.5, 0.6) is 11.5 Å². The van der Waals surface area contributed by atoms with E-state index in [-0.39, 0.29) is 12.5 Å². The lowest BCUT2D eigenvalue weighted by Gasteiger charge is -2.19. The number of anilines is 1. The van der Waals surface area contributed by atoms with E-state index in [4.69, 9.17) is 14.7 Å². The zero-order valence-corrected chi connectivity index (χ0v) is 15.3. The molecule has 0 fully saturated rings. The number of nitrogens with one attached hydrogen (secondary N) is 1. The molecule has 1 aliphatic carbocycles. The van der Waals surface area contributed by atoms with E-state index < -0.39 is 0 Å². The van der Waals surface area contributed by atoms with E-state index in [9.17, 15) is 4.79 Å². The fourth-order valence-corrected chi connectivity index (χ4v) is 3.26. The van der Waals surface area contributed by atoms with Crippen LogP contribution < -0.4 is 14.8 Å². The number of carbonyl (C=O) groups is 1. The second-order valence-electron chi connectivity index (χ2n) is 6.33. The Bertz CT molecular complexity index is 897. The van der Waals surface area contributed by atoms with Gasteiger partial charge in [0.15, 0.2) is 18.1 Å². The summed E-state index contributed by atoms with van der Waals surface area (Å²) in [6.07, 6.45) is 7.69. The van der Waals surface area contributed by atoms with Gasteiger partial charge < -0.3 is 14.8 Å². The molecule has 0 heterocycles. The van der Waals surface area contributed by atoms with Gasteiger partial charge in [-0.2, -0.15) is 5.26 Å². The first-order chi connectivity index (χ1) is 13.2. The smallest absolute Gasteiger partial charge is 0.248 e. The van der Waals surface area contributed by atoms with Crippen molar-refractivity contribution in [1.82, 2.24) is 0 Å². The van der Waals surface area contributed by atoms with Crippen molar-refractivity contribution in [3.63, 3.8) is 0 Å². The Hall–Kier alpha value is -3.26. The first-order valence-corrected chi connectivity index (χ1v) is 8.99. The number of hydrogen-bond donors (Lipinski definition) is 1. The Balaban J connectivity index is 1.69. The molecule has 0 aromatic heterocycles. The van der Waals surface area contributed by atoms with Gasteiger partial charge in [0.1, 0.15) is 6.07 Å². The minimum atomic E-state index is -0.169. The summed E-state index contributed by atoms with van der Waals surface area (Å²) in [6.45, 7) is -0.0463. The number of hydrogen-bond acceptors (Lipinski definition) is 4. The Morgan fingerprint density at radius 2 is 2.07 bits per heavy atom. The highest BCUT2D eigenvalue weighted by Gasteiger charge is 2.13. The van der Waals surface area contributed by atoms with Crippen LogP contribution in [0.1, 0.15) is 29.5 Å². The molecule has 2 aromatic carbocycles. The average Bonchev–Trinajstić information content (AvgIpc) is 2.71. The molecule has 0 unspecified atom stereocenters. The Morgan fingerprint density at radius 1 is 1.22 bits per heavy atom. The molecule has 2 aromatic rings. The first kappa shape index (κ1) is 18.5. The normalized spacial score (nSPS) is 12.9. The van der Waals surface area contributed by atoms with Gasteiger partial charge in [-0.05, 0) is 66.6 Å². The summed E-state index contributed by atoms with van der Waals surface area (Å²) < 4.78 is 10.6. The summed E-state index contributed by atoms with van der Waals surface area (Å²) in [5.41, 5.74) is 4.30. The fraction of sp³-hybridized carbons (Fsp3) is 0.273. The van der Waals surface area contributed by atoms with E-state index in [1.807, 2.05) is 24.3 Å². The van der Waals surface area contributed by atoms with E-state index in [0.29, 0.717) is 11.5 Å². The molecule has 0 radical (unpaired) electrons. The third kappa shape index (κ3) is 4.68. The number of amides is 1. The molecule has 5 nitrogen and oxygen atoms in total. The lowest BCUT2D eigenvalue weighted by atomic mass is 9.90. The summed E-state index contributed by atoms with van der Waals surface area (Å²) in [6, 6.07) is 13.3. The van der Waals surface area contributed by atoms with Crippen molar-refractivity contribution in [2.45, 2.75) is 25.7 Å². The monoisotopic (exact) mass is 362 g/mol. The molecule has 0 atom stereocenters. The number of methoxy groups -OCH3 is 1. The highest BCUT2D eigenvalue weighted by molar-refractivity contribution is 6.02. The van der Waals surface area contributed by atoms with E-state index in [0.717, 1.165) is 30.5 Å². The van der Waals surface area contributed by atoms with Gasteiger partial charge >= 0.3 is 0 Å². The van der Waals surface area contributed by atoms with Crippen LogP contribution in [-0.2, 0) is 17.6 Å². The lowest BCUT2D eigenvalue weighted by molar-refractivity contribution is -0.111. The predicted octanol–water partition coefficient (Wildman–Crippen LogP) is 4.13. The maximum Gasteiger partial charge on any atom is 0.248 e. The zero-order chi connectivity index (χ0) is 19.1. The number of nitrogens with zero attached hydrogens (tertiary/aromatic N) is 1. The van der Waals surface area contributed by atoms with Crippen molar-refractivity contribution in [3.8, 4) is 17.6 Å². The van der Waals surface area contributed by atoms with Crippen LogP contribution in [0.2, 0.25) is 0 Å². The molecule has 1 amide bonds. The highest BCUT2D eigenvalue weighted by Crippen LogP contribution is 2.29. The second kappa shape index (κ2) is 8.91. The summed E-state index contributed by atoms with van der Waals surface area (Å²) in [5.74, 6) is 0.847. The van der Waals surface area contributed by atoms with E-state index in [2.05, 4.69) is 11.4 Å². The number of carbonyl (C=O) groups excluding carboxylic acids is 1. The van der Waals surface area contributed by atoms with Gasteiger partial charge in [0, 0.05) is 11.8 Å². The molecule has 5 heteroatoms. The SMILES string of the molecule is COc1cc(/C=C/C(=O)Nc2cccc3c2CCCC3)ccc1OCC#N. The molecule has 138 valence electrons. The van der Waals surface area contributed by atoms with Gasteiger partial charge in [0.05, 0.1) is 7.11 Å². The van der Waals surface area contributed by atoms with E-state index >= 15 is 0 Å². The van der Waals surface area contributed by atoms with Crippen LogP contribution in [0.25, 0.3) is 6.08 Å². The van der Waals surface area contributed by atoms with Gasteiger partial charge in [-0.25, -0.2) is 0 Å². The Kier molecular flexibility index (Phi) is 6.11. The standard InChI is InChI=1S/C22H22N2O3/c1-26-21-15-16(9-11-20(21)27-14-13-23)10-12-22(25)24-19-8-4-6-17-5-2-3-7-18(17)19/h4,6,8-12,15H,2-3,5,7,14H2,1H3,(H,24,25)/b12-10+. The summed E-state index contributed by atoms with van der Waals surface area (Å²) in [7, 11) is 1.54. The minimum Gasteiger partial charge on any atom is -0.493 e.